The van der Waals surface area contributed by atoms with Gasteiger partial charge >= 0.3 is 17.9 Å². The number of aliphatic hydroxyl groups is 2. The summed E-state index contributed by atoms with van der Waals surface area (Å²) in [5.74, 6) is -4.75. The van der Waals surface area contributed by atoms with Crippen molar-refractivity contribution in [1.29, 1.82) is 0 Å². The van der Waals surface area contributed by atoms with Crippen molar-refractivity contribution in [2.24, 2.45) is 28.1 Å². The Morgan fingerprint density at radius 1 is 1.19 bits per heavy atom. The number of ether oxygens (including phenoxy) is 4. The van der Waals surface area contributed by atoms with Crippen LogP contribution in [0.5, 0.6) is 0 Å². The molecule has 3 aliphatic carbocycles. The Kier molecular flexibility index (Phi) is 6.09. The molecule has 1 spiro atoms. The van der Waals surface area contributed by atoms with E-state index in [1.807, 2.05) is 13.0 Å². The molecule has 6 rings (SSSR count). The van der Waals surface area contributed by atoms with Gasteiger partial charge in [0.05, 0.1) is 31.5 Å². The molecular weight excluding hydrogens is 548 g/mol. The average molecular weight is 585 g/mol. The lowest BCUT2D eigenvalue weighted by Gasteiger charge is -2.64. The van der Waals surface area contributed by atoms with Crippen LogP contribution < -0.4 is 0 Å². The molecule has 1 unspecified atom stereocenters. The molecule has 11 heteroatoms. The first-order chi connectivity index (χ1) is 19.7. The topological polar surface area (TPSA) is 162 Å². The number of hydrogen-bond acceptors (Lipinski definition) is 11. The number of cyclic esters (lactones) is 1. The van der Waals surface area contributed by atoms with E-state index >= 15 is 0 Å². The minimum atomic E-state index is -2.36. The van der Waals surface area contributed by atoms with Gasteiger partial charge in [-0.15, -0.1) is 0 Å². The lowest BCUT2D eigenvalue weighted by molar-refractivity contribution is -0.236. The third kappa shape index (κ3) is 3.27. The highest BCUT2D eigenvalue weighted by Crippen LogP contribution is 2.77. The summed E-state index contributed by atoms with van der Waals surface area (Å²) in [6.07, 6.45) is 2.63. The second-order valence-electron chi connectivity index (χ2n) is 13.2. The molecule has 0 radical (unpaired) electrons. The summed E-state index contributed by atoms with van der Waals surface area (Å²) in [4.78, 5) is 53.5. The van der Waals surface area contributed by atoms with Crippen molar-refractivity contribution in [2.75, 3.05) is 7.11 Å². The predicted molar refractivity (Wildman–Crippen MR) is 142 cm³/mol. The van der Waals surface area contributed by atoms with Crippen LogP contribution in [0.3, 0.4) is 0 Å². The van der Waals surface area contributed by atoms with Crippen molar-refractivity contribution >= 4 is 23.7 Å². The fourth-order valence-electron chi connectivity index (χ4n) is 9.20. The van der Waals surface area contributed by atoms with Crippen LogP contribution in [0.4, 0.5) is 0 Å². The number of Topliss-reactive ketones (excluding diaryl/α,β-unsaturated/α-hetero) is 1. The maximum atomic E-state index is 14.6. The quantitative estimate of drug-likeness (QED) is 0.172. The third-order valence-corrected chi connectivity index (χ3v) is 10.8. The van der Waals surface area contributed by atoms with Gasteiger partial charge in [0, 0.05) is 34.3 Å². The molecule has 0 aromatic carbocycles. The highest BCUT2D eigenvalue weighted by Gasteiger charge is 2.89. The molecule has 4 fully saturated rings. The minimum Gasteiger partial charge on any atom is -0.472 e. The van der Waals surface area contributed by atoms with E-state index in [1.54, 1.807) is 33.8 Å². The molecule has 226 valence electrons. The number of carbonyl (C=O) groups is 4. The SMILES string of the molecule is C/C=C/C(=O)O[C@H]1C(C)(C)[C@H](C(O)C(=O)OC)[C@]2(C)C(=O)[C@@]1(O)[C@H]1O[C@@]13C2=CC[C@]1(C)[C@H]3CC(=O)O[C@H]1c1ccoc1. The average Bonchev–Trinajstić information content (AvgIpc) is 3.42. The summed E-state index contributed by atoms with van der Waals surface area (Å²) < 4.78 is 28.3. The van der Waals surface area contributed by atoms with E-state index < -0.39 is 87.4 Å². The highest BCUT2D eigenvalue weighted by atomic mass is 16.6. The van der Waals surface area contributed by atoms with Gasteiger partial charge in [0.25, 0.3) is 0 Å². The zero-order valence-corrected chi connectivity index (χ0v) is 24.4. The number of ketones is 1. The summed E-state index contributed by atoms with van der Waals surface area (Å²) in [6.45, 7) is 8.46. The van der Waals surface area contributed by atoms with Gasteiger partial charge < -0.3 is 33.6 Å². The summed E-state index contributed by atoms with van der Waals surface area (Å²) in [5.41, 5.74) is -6.26. The van der Waals surface area contributed by atoms with Crippen LogP contribution in [0.15, 0.2) is 46.8 Å². The van der Waals surface area contributed by atoms with E-state index in [0.717, 1.165) is 13.2 Å². The molecular formula is C31H36O11. The Hall–Kier alpha value is -3.28. The highest BCUT2D eigenvalue weighted by molar-refractivity contribution is 6.02. The molecule has 1 aromatic heterocycles. The van der Waals surface area contributed by atoms with Crippen LogP contribution in [0, 0.1) is 28.1 Å². The van der Waals surface area contributed by atoms with Crippen LogP contribution in [-0.4, -0.2) is 70.5 Å². The van der Waals surface area contributed by atoms with Crippen molar-refractivity contribution < 1.29 is 52.8 Å². The van der Waals surface area contributed by atoms with Crippen molar-refractivity contribution in [3.05, 3.63) is 48.0 Å². The summed E-state index contributed by atoms with van der Waals surface area (Å²) in [6, 6.07) is 1.73. The maximum absolute atomic E-state index is 14.6. The van der Waals surface area contributed by atoms with E-state index in [9.17, 15) is 29.4 Å². The minimum absolute atomic E-state index is 0.0598. The Labute approximate surface area is 242 Å². The van der Waals surface area contributed by atoms with Gasteiger partial charge in [-0.05, 0) is 31.9 Å². The standard InChI is InChI=1S/C31H36O11/c1-7-8-18(32)41-25-27(2,3)21(20(34)23(35)38-6)29(5)16-9-11-28(4)17(31(16)26(42-31)30(25,37)24(29)36)13-19(33)40-22(28)15-10-12-39-14-15/h7-10,12,14,17,20-22,25-26,34,37H,11,13H2,1-6H3/b8-7+/t17-,20?,21+,22+,25+,26-,28-,29-,30+,31-/m1/s1. The smallest absolute Gasteiger partial charge is 0.335 e. The van der Waals surface area contributed by atoms with Gasteiger partial charge in [0.2, 0.25) is 0 Å². The molecule has 10 atom stereocenters. The number of aliphatic hydroxyl groups excluding tert-OH is 1. The van der Waals surface area contributed by atoms with Crippen LogP contribution in [-0.2, 0) is 38.1 Å². The molecule has 3 heterocycles. The van der Waals surface area contributed by atoms with E-state index in [-0.39, 0.29) is 6.42 Å². The number of hydrogen-bond donors (Lipinski definition) is 2. The molecule has 5 aliphatic rings. The van der Waals surface area contributed by atoms with Gasteiger partial charge in [-0.3, -0.25) is 9.59 Å². The second-order valence-corrected chi connectivity index (χ2v) is 13.2. The van der Waals surface area contributed by atoms with Gasteiger partial charge in [0.15, 0.2) is 17.5 Å². The van der Waals surface area contributed by atoms with Gasteiger partial charge in [0.1, 0.15) is 23.9 Å². The number of rotatable bonds is 5. The number of carbonyl (C=O) groups excluding carboxylic acids is 4. The number of methoxy groups -OCH3 is 1. The largest absolute Gasteiger partial charge is 0.472 e. The Morgan fingerprint density at radius 3 is 2.52 bits per heavy atom. The third-order valence-electron chi connectivity index (χ3n) is 10.8. The van der Waals surface area contributed by atoms with Gasteiger partial charge in [-0.25, -0.2) is 9.59 Å². The zero-order chi connectivity index (χ0) is 30.6. The Bertz CT molecular complexity index is 1420. The summed E-state index contributed by atoms with van der Waals surface area (Å²) in [7, 11) is 1.13. The molecule has 2 saturated heterocycles. The molecule has 2 bridgehead atoms. The maximum Gasteiger partial charge on any atom is 0.335 e. The number of epoxide rings is 1. The van der Waals surface area contributed by atoms with Gasteiger partial charge in [-0.2, -0.15) is 0 Å². The lowest BCUT2D eigenvalue weighted by atomic mass is 9.38. The fourth-order valence-corrected chi connectivity index (χ4v) is 9.20. The van der Waals surface area contributed by atoms with E-state index in [2.05, 4.69) is 0 Å². The molecule has 2 aliphatic heterocycles. The number of esters is 3. The first-order valence-corrected chi connectivity index (χ1v) is 14.1. The van der Waals surface area contributed by atoms with Crippen molar-refractivity contribution in [3.63, 3.8) is 0 Å². The van der Waals surface area contributed by atoms with Crippen LogP contribution in [0.2, 0.25) is 0 Å². The molecule has 2 saturated carbocycles. The monoisotopic (exact) mass is 584 g/mol. The van der Waals surface area contributed by atoms with Crippen LogP contribution in [0.1, 0.15) is 59.1 Å². The van der Waals surface area contributed by atoms with Crippen molar-refractivity contribution in [1.82, 2.24) is 0 Å². The van der Waals surface area contributed by atoms with Crippen molar-refractivity contribution in [2.45, 2.75) is 83.1 Å². The number of fused-ring (bicyclic) bond motifs is 5. The van der Waals surface area contributed by atoms with Crippen molar-refractivity contribution in [3.8, 4) is 0 Å². The second kappa shape index (κ2) is 8.87. The van der Waals surface area contributed by atoms with Gasteiger partial charge in [-0.1, -0.05) is 32.9 Å². The first-order valence-electron chi connectivity index (χ1n) is 14.1. The molecule has 0 amide bonds. The Morgan fingerprint density at radius 2 is 1.90 bits per heavy atom. The van der Waals surface area contributed by atoms with E-state index in [4.69, 9.17) is 23.4 Å². The molecule has 2 N–H and O–H groups in total. The fraction of sp³-hybridized carbons (Fsp3) is 0.613. The van der Waals surface area contributed by atoms with Crippen LogP contribution >= 0.6 is 0 Å². The number of allylic oxidation sites excluding steroid dienone is 2. The molecule has 42 heavy (non-hydrogen) atoms. The normalized spacial score (nSPS) is 43.7. The van der Waals surface area contributed by atoms with E-state index in [0.29, 0.717) is 17.6 Å². The predicted octanol–water partition coefficient (Wildman–Crippen LogP) is 2.36. The first kappa shape index (κ1) is 28.8. The van der Waals surface area contributed by atoms with Crippen LogP contribution in [0.25, 0.3) is 0 Å². The van der Waals surface area contributed by atoms with E-state index in [1.165, 1.54) is 18.6 Å². The Balaban J connectivity index is 1.59. The molecule has 11 nitrogen and oxygen atoms in total. The molecule has 1 aromatic rings. The summed E-state index contributed by atoms with van der Waals surface area (Å²) in [5, 5.41) is 24.0. The zero-order valence-electron chi connectivity index (χ0n) is 24.4. The lowest BCUT2D eigenvalue weighted by Crippen LogP contribution is -2.79. The number of furan rings is 1. The summed E-state index contributed by atoms with van der Waals surface area (Å²) >= 11 is 0.